The molecule has 0 saturated heterocycles. The quantitative estimate of drug-likeness (QED) is 0.603. The van der Waals surface area contributed by atoms with E-state index in [2.05, 4.69) is 36.8 Å². The highest BCUT2D eigenvalue weighted by Gasteiger charge is 2.14. The summed E-state index contributed by atoms with van der Waals surface area (Å²) in [6.45, 7) is 1.90. The van der Waals surface area contributed by atoms with E-state index in [0.717, 1.165) is 20.9 Å². The Hall–Kier alpha value is -2.67. The highest BCUT2D eigenvalue weighted by Crippen LogP contribution is 2.20. The van der Waals surface area contributed by atoms with Crippen molar-refractivity contribution in [2.45, 2.75) is 6.92 Å². The van der Waals surface area contributed by atoms with Gasteiger partial charge in [0, 0.05) is 21.2 Å². The number of hydrogen-bond donors (Lipinski definition) is 3. The third-order valence-electron chi connectivity index (χ3n) is 3.32. The van der Waals surface area contributed by atoms with Crippen molar-refractivity contribution in [1.82, 2.24) is 10.2 Å². The number of nitrogens with one attached hydrogen (secondary N) is 3. The van der Waals surface area contributed by atoms with E-state index in [4.69, 9.17) is 0 Å². The average molecular weight is 373 g/mol. The van der Waals surface area contributed by atoms with Crippen molar-refractivity contribution in [3.05, 3.63) is 52.6 Å². The van der Waals surface area contributed by atoms with Crippen LogP contribution in [0.1, 0.15) is 5.56 Å². The lowest BCUT2D eigenvalue weighted by atomic mass is 10.2. The van der Waals surface area contributed by atoms with E-state index in [9.17, 15) is 9.59 Å². The Morgan fingerprint density at radius 2 is 1.70 bits per heavy atom. The summed E-state index contributed by atoms with van der Waals surface area (Å²) in [7, 11) is 0. The van der Waals surface area contributed by atoms with Gasteiger partial charge in [-0.25, -0.2) is 0 Å². The summed E-state index contributed by atoms with van der Waals surface area (Å²) < 4.78 is 0.938. The van der Waals surface area contributed by atoms with Crippen molar-refractivity contribution in [3.63, 3.8) is 0 Å². The number of halogens is 1. The van der Waals surface area contributed by atoms with Gasteiger partial charge >= 0.3 is 11.8 Å². The molecule has 116 valence electrons. The lowest BCUT2D eigenvalue weighted by molar-refractivity contribution is -0.132. The van der Waals surface area contributed by atoms with E-state index in [1.54, 1.807) is 30.5 Å². The summed E-state index contributed by atoms with van der Waals surface area (Å²) in [6, 6.07) is 10.6. The van der Waals surface area contributed by atoms with Gasteiger partial charge in [-0.3, -0.25) is 14.7 Å². The zero-order valence-corrected chi connectivity index (χ0v) is 13.8. The summed E-state index contributed by atoms with van der Waals surface area (Å²) in [5.74, 6) is -1.46. The van der Waals surface area contributed by atoms with Crippen LogP contribution >= 0.6 is 15.9 Å². The topological polar surface area (TPSA) is 86.9 Å². The molecule has 0 aliphatic rings. The number of aromatic nitrogens is 2. The summed E-state index contributed by atoms with van der Waals surface area (Å²) in [6.07, 6.45) is 1.68. The number of fused-ring (bicyclic) bond motifs is 1. The second kappa shape index (κ2) is 6.21. The van der Waals surface area contributed by atoms with Crippen molar-refractivity contribution < 1.29 is 9.59 Å². The molecule has 6 nitrogen and oxygen atoms in total. The maximum atomic E-state index is 12.0. The number of benzene rings is 2. The fourth-order valence-corrected chi connectivity index (χ4v) is 2.36. The average Bonchev–Trinajstić information content (AvgIpc) is 2.98. The predicted molar refractivity (Wildman–Crippen MR) is 92.2 cm³/mol. The second-order valence-electron chi connectivity index (χ2n) is 5.04. The Labute approximate surface area is 140 Å². The molecule has 1 aromatic heterocycles. The van der Waals surface area contributed by atoms with Gasteiger partial charge in [-0.1, -0.05) is 15.9 Å². The molecule has 0 spiro atoms. The van der Waals surface area contributed by atoms with E-state index in [1.807, 2.05) is 19.1 Å². The number of H-pyrrole nitrogens is 1. The van der Waals surface area contributed by atoms with E-state index in [-0.39, 0.29) is 0 Å². The van der Waals surface area contributed by atoms with Crippen LogP contribution in [0.2, 0.25) is 0 Å². The molecule has 0 unspecified atom stereocenters. The van der Waals surface area contributed by atoms with E-state index < -0.39 is 11.8 Å². The zero-order chi connectivity index (χ0) is 16.4. The number of aromatic amines is 1. The Kier molecular flexibility index (Phi) is 4.12. The van der Waals surface area contributed by atoms with Gasteiger partial charge in [0.15, 0.2) is 0 Å². The molecule has 3 rings (SSSR count). The van der Waals surface area contributed by atoms with Crippen molar-refractivity contribution in [2.75, 3.05) is 10.6 Å². The van der Waals surface area contributed by atoms with Gasteiger partial charge in [-0.05, 0) is 48.9 Å². The van der Waals surface area contributed by atoms with Crippen LogP contribution in [0.5, 0.6) is 0 Å². The molecular formula is C16H13BrN4O2. The first-order valence-corrected chi connectivity index (χ1v) is 7.64. The van der Waals surface area contributed by atoms with Crippen LogP contribution in [0.25, 0.3) is 10.9 Å². The Bertz CT molecular complexity index is 904. The summed E-state index contributed by atoms with van der Waals surface area (Å²) in [5, 5.41) is 12.8. The first kappa shape index (κ1) is 15.2. The van der Waals surface area contributed by atoms with E-state index in [1.165, 1.54) is 0 Å². The fourth-order valence-electron chi connectivity index (χ4n) is 2.11. The largest absolute Gasteiger partial charge is 0.318 e. The van der Waals surface area contributed by atoms with Crippen LogP contribution in [0.15, 0.2) is 47.1 Å². The SMILES string of the molecule is Cc1cc(NC(=O)C(=O)Nc2ccc3cn[nH]c3c2)ccc1Br. The smallest absolute Gasteiger partial charge is 0.314 e. The predicted octanol–water partition coefficient (Wildman–Crippen LogP) is 3.21. The summed E-state index contributed by atoms with van der Waals surface area (Å²) in [4.78, 5) is 24.0. The molecule has 0 aliphatic heterocycles. The van der Waals surface area contributed by atoms with Gasteiger partial charge in [-0.2, -0.15) is 5.10 Å². The summed E-state index contributed by atoms with van der Waals surface area (Å²) in [5.41, 5.74) is 2.84. The molecule has 2 amide bonds. The van der Waals surface area contributed by atoms with Gasteiger partial charge in [0.2, 0.25) is 0 Å². The minimum absolute atomic E-state index is 0.522. The second-order valence-corrected chi connectivity index (χ2v) is 5.90. The van der Waals surface area contributed by atoms with Crippen LogP contribution in [-0.4, -0.2) is 22.0 Å². The number of aryl methyl sites for hydroxylation is 1. The maximum absolute atomic E-state index is 12.0. The van der Waals surface area contributed by atoms with Crippen molar-refractivity contribution >= 4 is 50.0 Å². The molecule has 3 aromatic rings. The lowest BCUT2D eigenvalue weighted by Gasteiger charge is -2.08. The third kappa shape index (κ3) is 3.40. The highest BCUT2D eigenvalue weighted by molar-refractivity contribution is 9.10. The standard InChI is InChI=1S/C16H13BrN4O2/c1-9-6-11(4-5-13(9)17)19-15(22)16(23)20-12-3-2-10-8-18-21-14(10)7-12/h2-8H,1H3,(H,18,21)(H,19,22)(H,20,23). The van der Waals surface area contributed by atoms with Gasteiger partial charge in [0.05, 0.1) is 11.7 Å². The molecule has 0 aliphatic carbocycles. The number of anilines is 2. The van der Waals surface area contributed by atoms with Crippen molar-refractivity contribution in [1.29, 1.82) is 0 Å². The van der Waals surface area contributed by atoms with Crippen LogP contribution < -0.4 is 10.6 Å². The molecule has 0 fully saturated rings. The molecule has 0 atom stereocenters. The minimum atomic E-state index is -0.732. The van der Waals surface area contributed by atoms with Gasteiger partial charge < -0.3 is 10.6 Å². The lowest BCUT2D eigenvalue weighted by Crippen LogP contribution is -2.29. The molecular weight excluding hydrogens is 360 g/mol. The summed E-state index contributed by atoms with van der Waals surface area (Å²) >= 11 is 3.39. The van der Waals surface area contributed by atoms with Crippen LogP contribution in [0, 0.1) is 6.92 Å². The van der Waals surface area contributed by atoms with Crippen LogP contribution in [0.4, 0.5) is 11.4 Å². The number of rotatable bonds is 2. The van der Waals surface area contributed by atoms with Crippen molar-refractivity contribution in [2.24, 2.45) is 0 Å². The molecule has 0 saturated carbocycles. The van der Waals surface area contributed by atoms with E-state index >= 15 is 0 Å². The molecule has 0 bridgehead atoms. The molecule has 2 aromatic carbocycles. The van der Waals surface area contributed by atoms with Crippen molar-refractivity contribution in [3.8, 4) is 0 Å². The van der Waals surface area contributed by atoms with Gasteiger partial charge in [0.25, 0.3) is 0 Å². The van der Waals surface area contributed by atoms with Crippen LogP contribution in [-0.2, 0) is 9.59 Å². The fraction of sp³-hybridized carbons (Fsp3) is 0.0625. The highest BCUT2D eigenvalue weighted by atomic mass is 79.9. The monoisotopic (exact) mass is 372 g/mol. The minimum Gasteiger partial charge on any atom is -0.318 e. The molecule has 0 radical (unpaired) electrons. The first-order chi connectivity index (χ1) is 11.0. The zero-order valence-electron chi connectivity index (χ0n) is 12.2. The Morgan fingerprint density at radius 1 is 1.04 bits per heavy atom. The van der Waals surface area contributed by atoms with E-state index in [0.29, 0.717) is 11.4 Å². The molecule has 7 heteroatoms. The third-order valence-corrected chi connectivity index (χ3v) is 4.21. The number of carbonyl (C=O) groups is 2. The number of carbonyl (C=O) groups excluding carboxylic acids is 2. The first-order valence-electron chi connectivity index (χ1n) is 6.84. The Balaban J connectivity index is 1.69. The number of hydrogen-bond acceptors (Lipinski definition) is 3. The number of amides is 2. The molecule has 23 heavy (non-hydrogen) atoms. The maximum Gasteiger partial charge on any atom is 0.314 e. The van der Waals surface area contributed by atoms with Crippen LogP contribution in [0.3, 0.4) is 0 Å². The normalized spacial score (nSPS) is 10.5. The van der Waals surface area contributed by atoms with Gasteiger partial charge in [0.1, 0.15) is 0 Å². The Morgan fingerprint density at radius 3 is 2.39 bits per heavy atom. The molecule has 1 heterocycles. The van der Waals surface area contributed by atoms with Gasteiger partial charge in [-0.15, -0.1) is 0 Å². The number of nitrogens with zero attached hydrogens (tertiary/aromatic N) is 1. The molecule has 3 N–H and O–H groups in total.